The fourth-order valence-corrected chi connectivity index (χ4v) is 3.79. The highest BCUT2D eigenvalue weighted by molar-refractivity contribution is 9.10. The van der Waals surface area contributed by atoms with Gasteiger partial charge in [0.15, 0.2) is 0 Å². The molecule has 0 atom stereocenters. The number of aryl methyl sites for hydroxylation is 1. The van der Waals surface area contributed by atoms with Gasteiger partial charge in [0.1, 0.15) is 0 Å². The van der Waals surface area contributed by atoms with Gasteiger partial charge in [0.25, 0.3) is 0 Å². The predicted molar refractivity (Wildman–Crippen MR) is 112 cm³/mol. The minimum atomic E-state index is 0.173. The standard InChI is InChI=1S/C22H27BrN2/c1-22(2,3)16-12-10-15(11-13-16)20-17(7-4-5-14-24)18-8-6-9-19(23)21(18)25-20/h6,8-13,25H,4-5,7,14,24H2,1-3H3. The van der Waals surface area contributed by atoms with Crippen molar-refractivity contribution in [2.45, 2.75) is 45.4 Å². The van der Waals surface area contributed by atoms with Gasteiger partial charge in [-0.05, 0) is 69.9 Å². The lowest BCUT2D eigenvalue weighted by Crippen LogP contribution is -2.10. The number of aromatic nitrogens is 1. The number of rotatable bonds is 5. The SMILES string of the molecule is CC(C)(C)c1ccc(-c2[nH]c3c(Br)cccc3c2CCCCN)cc1. The summed E-state index contributed by atoms with van der Waals surface area (Å²) in [5.41, 5.74) is 12.3. The van der Waals surface area contributed by atoms with Gasteiger partial charge in [-0.25, -0.2) is 0 Å². The summed E-state index contributed by atoms with van der Waals surface area (Å²) in [4.78, 5) is 3.66. The zero-order valence-corrected chi connectivity index (χ0v) is 16.9. The number of nitrogens with two attached hydrogens (primary N) is 1. The molecule has 0 aliphatic heterocycles. The van der Waals surface area contributed by atoms with E-state index in [0.717, 1.165) is 30.3 Å². The Hall–Kier alpha value is -1.58. The number of hydrogen-bond acceptors (Lipinski definition) is 1. The lowest BCUT2D eigenvalue weighted by Gasteiger charge is -2.19. The van der Waals surface area contributed by atoms with E-state index >= 15 is 0 Å². The van der Waals surface area contributed by atoms with Gasteiger partial charge in [-0.1, -0.05) is 57.2 Å². The molecule has 2 aromatic carbocycles. The van der Waals surface area contributed by atoms with Gasteiger partial charge in [-0.15, -0.1) is 0 Å². The molecule has 3 N–H and O–H groups in total. The first-order valence-corrected chi connectivity index (χ1v) is 9.81. The molecule has 0 saturated heterocycles. The molecule has 0 aliphatic carbocycles. The number of unbranched alkanes of at least 4 members (excludes halogenated alkanes) is 1. The maximum Gasteiger partial charge on any atom is 0.0606 e. The number of halogens is 1. The van der Waals surface area contributed by atoms with Crippen LogP contribution >= 0.6 is 15.9 Å². The van der Waals surface area contributed by atoms with Gasteiger partial charge in [0.2, 0.25) is 0 Å². The van der Waals surface area contributed by atoms with Crippen LogP contribution in [0.2, 0.25) is 0 Å². The van der Waals surface area contributed by atoms with E-state index in [4.69, 9.17) is 5.73 Å². The summed E-state index contributed by atoms with van der Waals surface area (Å²) in [6.07, 6.45) is 3.22. The Labute approximate surface area is 159 Å². The fourth-order valence-electron chi connectivity index (χ4n) is 3.33. The number of benzene rings is 2. The molecule has 3 aromatic rings. The summed E-state index contributed by atoms with van der Waals surface area (Å²) in [5.74, 6) is 0. The van der Waals surface area contributed by atoms with E-state index in [1.807, 2.05) is 0 Å². The quantitative estimate of drug-likeness (QED) is 0.495. The zero-order valence-electron chi connectivity index (χ0n) is 15.3. The summed E-state index contributed by atoms with van der Waals surface area (Å²) in [6, 6.07) is 15.4. The van der Waals surface area contributed by atoms with Crippen LogP contribution in [-0.2, 0) is 11.8 Å². The van der Waals surface area contributed by atoms with Crippen LogP contribution in [0.4, 0.5) is 0 Å². The van der Waals surface area contributed by atoms with Gasteiger partial charge in [-0.2, -0.15) is 0 Å². The average Bonchev–Trinajstić information content (AvgIpc) is 2.95. The third-order valence-electron chi connectivity index (χ3n) is 4.81. The molecule has 0 radical (unpaired) electrons. The highest BCUT2D eigenvalue weighted by atomic mass is 79.9. The zero-order chi connectivity index (χ0) is 18.0. The Balaban J connectivity index is 2.08. The van der Waals surface area contributed by atoms with E-state index in [1.165, 1.54) is 33.3 Å². The molecule has 0 amide bonds. The first-order chi connectivity index (χ1) is 11.9. The van der Waals surface area contributed by atoms with Crippen LogP contribution in [0.3, 0.4) is 0 Å². The second-order valence-electron chi connectivity index (χ2n) is 7.71. The Kier molecular flexibility index (Phi) is 5.35. The van der Waals surface area contributed by atoms with Gasteiger partial charge in [0, 0.05) is 15.6 Å². The topological polar surface area (TPSA) is 41.8 Å². The van der Waals surface area contributed by atoms with E-state index in [0.29, 0.717) is 0 Å². The van der Waals surface area contributed by atoms with Gasteiger partial charge >= 0.3 is 0 Å². The fraction of sp³-hybridized carbons (Fsp3) is 0.364. The minimum Gasteiger partial charge on any atom is -0.353 e. The maximum atomic E-state index is 5.70. The summed E-state index contributed by atoms with van der Waals surface area (Å²) in [6.45, 7) is 7.50. The van der Waals surface area contributed by atoms with E-state index in [2.05, 4.69) is 84.1 Å². The van der Waals surface area contributed by atoms with Crippen LogP contribution in [0.1, 0.15) is 44.7 Å². The summed E-state index contributed by atoms with van der Waals surface area (Å²) >= 11 is 3.69. The van der Waals surface area contributed by atoms with Crippen LogP contribution in [0, 0.1) is 0 Å². The molecule has 132 valence electrons. The largest absolute Gasteiger partial charge is 0.353 e. The number of H-pyrrole nitrogens is 1. The van der Waals surface area contributed by atoms with E-state index < -0.39 is 0 Å². The van der Waals surface area contributed by atoms with Crippen LogP contribution in [0.15, 0.2) is 46.9 Å². The molecular weight excluding hydrogens is 372 g/mol. The first kappa shape index (κ1) is 18.2. The van der Waals surface area contributed by atoms with Gasteiger partial charge < -0.3 is 10.7 Å². The Bertz CT molecular complexity index is 854. The van der Waals surface area contributed by atoms with Crippen molar-refractivity contribution >= 4 is 26.8 Å². The average molecular weight is 399 g/mol. The minimum absolute atomic E-state index is 0.173. The van der Waals surface area contributed by atoms with Crippen molar-refractivity contribution < 1.29 is 0 Å². The lowest BCUT2D eigenvalue weighted by molar-refractivity contribution is 0.590. The molecule has 0 spiro atoms. The van der Waals surface area contributed by atoms with E-state index in [9.17, 15) is 0 Å². The van der Waals surface area contributed by atoms with Crippen molar-refractivity contribution in [2.75, 3.05) is 6.54 Å². The van der Waals surface area contributed by atoms with Crippen molar-refractivity contribution in [3.05, 3.63) is 58.1 Å². The highest BCUT2D eigenvalue weighted by Crippen LogP contribution is 2.35. The number of nitrogens with one attached hydrogen (secondary N) is 1. The summed E-state index contributed by atoms with van der Waals surface area (Å²) < 4.78 is 1.11. The van der Waals surface area contributed by atoms with Crippen LogP contribution in [0.25, 0.3) is 22.2 Å². The molecule has 0 aliphatic rings. The van der Waals surface area contributed by atoms with Gasteiger partial charge in [-0.3, -0.25) is 0 Å². The smallest absolute Gasteiger partial charge is 0.0606 e. The first-order valence-electron chi connectivity index (χ1n) is 9.02. The molecule has 0 saturated carbocycles. The molecule has 0 unspecified atom stereocenters. The van der Waals surface area contributed by atoms with Crippen LogP contribution in [-0.4, -0.2) is 11.5 Å². The molecule has 0 fully saturated rings. The summed E-state index contributed by atoms with van der Waals surface area (Å²) in [5, 5.41) is 1.31. The lowest BCUT2D eigenvalue weighted by atomic mass is 9.86. The molecule has 3 rings (SSSR count). The van der Waals surface area contributed by atoms with Crippen molar-refractivity contribution in [3.63, 3.8) is 0 Å². The van der Waals surface area contributed by atoms with E-state index in [-0.39, 0.29) is 5.41 Å². The second kappa shape index (κ2) is 7.35. The maximum absolute atomic E-state index is 5.70. The second-order valence-corrected chi connectivity index (χ2v) is 8.57. The molecule has 1 heterocycles. The number of fused-ring (bicyclic) bond motifs is 1. The van der Waals surface area contributed by atoms with Crippen molar-refractivity contribution in [3.8, 4) is 11.3 Å². The number of para-hydroxylation sites is 1. The monoisotopic (exact) mass is 398 g/mol. The Morgan fingerprint density at radius 3 is 2.36 bits per heavy atom. The number of aromatic amines is 1. The van der Waals surface area contributed by atoms with E-state index in [1.54, 1.807) is 0 Å². The van der Waals surface area contributed by atoms with Crippen molar-refractivity contribution in [1.29, 1.82) is 0 Å². The van der Waals surface area contributed by atoms with Crippen molar-refractivity contribution in [2.24, 2.45) is 5.73 Å². The molecule has 2 nitrogen and oxygen atoms in total. The summed E-state index contributed by atoms with van der Waals surface area (Å²) in [7, 11) is 0. The Morgan fingerprint density at radius 2 is 1.72 bits per heavy atom. The normalized spacial score (nSPS) is 12.0. The predicted octanol–water partition coefficient (Wildman–Crippen LogP) is 6.18. The highest BCUT2D eigenvalue weighted by Gasteiger charge is 2.17. The molecule has 1 aromatic heterocycles. The number of hydrogen-bond donors (Lipinski definition) is 2. The van der Waals surface area contributed by atoms with Crippen LogP contribution < -0.4 is 5.73 Å². The molecular formula is C22H27BrN2. The van der Waals surface area contributed by atoms with Crippen LogP contribution in [0.5, 0.6) is 0 Å². The molecule has 0 bridgehead atoms. The Morgan fingerprint density at radius 1 is 1.00 bits per heavy atom. The molecule has 25 heavy (non-hydrogen) atoms. The third-order valence-corrected chi connectivity index (χ3v) is 5.47. The van der Waals surface area contributed by atoms with Gasteiger partial charge in [0.05, 0.1) is 5.52 Å². The third kappa shape index (κ3) is 3.83. The molecule has 3 heteroatoms. The van der Waals surface area contributed by atoms with Crippen molar-refractivity contribution in [1.82, 2.24) is 4.98 Å².